The van der Waals surface area contributed by atoms with Gasteiger partial charge < -0.3 is 29.4 Å². The third kappa shape index (κ3) is 6.86. The van der Waals surface area contributed by atoms with Gasteiger partial charge in [0.2, 0.25) is 23.5 Å². The summed E-state index contributed by atoms with van der Waals surface area (Å²) in [6, 6.07) is 6.23. The van der Waals surface area contributed by atoms with Crippen molar-refractivity contribution < 1.29 is 23.5 Å². The molecule has 0 spiro atoms. The lowest BCUT2D eigenvalue weighted by atomic mass is 9.72. The number of nitrogen functional groups attached to an aromatic ring is 1. The van der Waals surface area contributed by atoms with E-state index in [0.717, 1.165) is 49.1 Å². The number of carbonyl (C=O) groups is 1. The third-order valence-electron chi connectivity index (χ3n) is 9.66. The minimum Gasteiger partial charge on any atom is -0.490 e. The molecule has 2 fully saturated rings. The van der Waals surface area contributed by atoms with Crippen LogP contribution in [0.15, 0.2) is 28.8 Å². The van der Waals surface area contributed by atoms with Crippen LogP contribution < -0.4 is 15.2 Å². The van der Waals surface area contributed by atoms with Gasteiger partial charge in [0.05, 0.1) is 17.6 Å². The topological polar surface area (TPSA) is 153 Å². The summed E-state index contributed by atoms with van der Waals surface area (Å²) >= 11 is 1.47. The Labute approximate surface area is 279 Å². The van der Waals surface area contributed by atoms with Crippen LogP contribution in [0.4, 0.5) is 5.00 Å². The summed E-state index contributed by atoms with van der Waals surface area (Å²) in [5, 5.41) is 14.8. The van der Waals surface area contributed by atoms with Gasteiger partial charge in [-0.1, -0.05) is 11.2 Å². The van der Waals surface area contributed by atoms with E-state index in [9.17, 15) is 10.1 Å². The monoisotopic (exact) mass is 661 g/mol. The van der Waals surface area contributed by atoms with Crippen LogP contribution in [-0.2, 0) is 21.4 Å². The number of anilines is 1. The van der Waals surface area contributed by atoms with Crippen molar-refractivity contribution in [3.8, 4) is 29.2 Å². The second-order valence-electron chi connectivity index (χ2n) is 12.9. The lowest BCUT2D eigenvalue weighted by molar-refractivity contribution is -0.127. The standard InChI is InChI=1S/C34H43N7O5S/c1-21(26-8-6-14-40(26)3)44-28-19-23(45-22-11-15-41(16-12-22)29(42)10-7-17-43-4)18-25(37-28)32-38-33(46-39-32)34(2)13-5-9-27-30(34)24(20-35)31(36)47-27/h7,10,18-19,21-22,26H,5-6,8-9,11-17,36H2,1-4H3/b10-7+/t21-,26-,34-/m0/s1. The lowest BCUT2D eigenvalue weighted by Crippen LogP contribution is -2.41. The van der Waals surface area contributed by atoms with Crippen LogP contribution in [-0.4, -0.2) is 89.5 Å². The molecular formula is C34H43N7O5S. The first kappa shape index (κ1) is 32.9. The first-order valence-corrected chi connectivity index (χ1v) is 17.2. The Bertz CT molecular complexity index is 1660. The lowest BCUT2D eigenvalue weighted by Gasteiger charge is -2.31. The molecule has 0 saturated carbocycles. The van der Waals surface area contributed by atoms with Crippen molar-refractivity contribution in [3.63, 3.8) is 0 Å². The molecule has 0 unspecified atom stereocenters. The number of hydrogen-bond acceptors (Lipinski definition) is 12. The fraction of sp³-hybridized carbons (Fsp3) is 0.559. The molecule has 3 aliphatic rings. The number of carbonyl (C=O) groups excluding carboxylic acids is 1. The number of rotatable bonds is 10. The summed E-state index contributed by atoms with van der Waals surface area (Å²) in [6.07, 6.45) is 9.25. The molecule has 1 aliphatic carbocycles. The highest BCUT2D eigenvalue weighted by Crippen LogP contribution is 2.48. The molecule has 3 atom stereocenters. The molecule has 3 aromatic heterocycles. The van der Waals surface area contributed by atoms with Crippen LogP contribution in [0, 0.1) is 11.3 Å². The van der Waals surface area contributed by atoms with Crippen LogP contribution in [0.5, 0.6) is 11.6 Å². The normalized spacial score (nSPS) is 22.7. The van der Waals surface area contributed by atoms with Gasteiger partial charge in [0, 0.05) is 67.7 Å². The van der Waals surface area contributed by atoms with Gasteiger partial charge >= 0.3 is 0 Å². The molecule has 2 N–H and O–H groups in total. The number of likely N-dealkylation sites (N-methyl/N-ethyl adjacent to an activating group) is 1. The number of amides is 1. The van der Waals surface area contributed by atoms with Gasteiger partial charge in [-0.2, -0.15) is 10.2 Å². The smallest absolute Gasteiger partial charge is 0.246 e. The molecular weight excluding hydrogens is 618 g/mol. The van der Waals surface area contributed by atoms with Gasteiger partial charge in [0.25, 0.3) is 0 Å². The number of ether oxygens (including phenoxy) is 3. The van der Waals surface area contributed by atoms with Crippen molar-refractivity contribution in [2.45, 2.75) is 82.5 Å². The van der Waals surface area contributed by atoms with Crippen LogP contribution in [0.1, 0.15) is 74.3 Å². The second-order valence-corrected chi connectivity index (χ2v) is 14.0. The van der Waals surface area contributed by atoms with E-state index < -0.39 is 5.41 Å². The number of likely N-dealkylation sites (tertiary alicyclic amines) is 2. The Kier molecular flexibility index (Phi) is 9.82. The van der Waals surface area contributed by atoms with Gasteiger partial charge in [-0.15, -0.1) is 11.3 Å². The van der Waals surface area contributed by atoms with Crippen molar-refractivity contribution in [1.82, 2.24) is 24.9 Å². The number of hydrogen-bond donors (Lipinski definition) is 1. The number of aryl methyl sites for hydroxylation is 1. The SMILES string of the molecule is COC/C=C/C(=O)N1CCC(Oc2cc(O[C@@H](C)[C@@H]3CCCN3C)nc(-c3noc([C@@]4(C)CCCc5sc(N)c(C#N)c54)n3)c2)CC1. The molecule has 2 saturated heterocycles. The Morgan fingerprint density at radius 3 is 2.79 bits per heavy atom. The quantitative estimate of drug-likeness (QED) is 0.300. The van der Waals surface area contributed by atoms with Crippen LogP contribution in [0.25, 0.3) is 11.5 Å². The first-order chi connectivity index (χ1) is 22.7. The molecule has 5 heterocycles. The molecule has 12 nitrogen and oxygen atoms in total. The van der Waals surface area contributed by atoms with Gasteiger partial charge in [0.1, 0.15) is 34.7 Å². The number of piperidine rings is 1. The summed E-state index contributed by atoms with van der Waals surface area (Å²) in [5.41, 5.74) is 7.47. The van der Waals surface area contributed by atoms with E-state index >= 15 is 0 Å². The summed E-state index contributed by atoms with van der Waals surface area (Å²) in [7, 11) is 3.72. The maximum atomic E-state index is 12.5. The number of pyridine rings is 1. The number of fused-ring (bicyclic) bond motifs is 1. The highest BCUT2D eigenvalue weighted by Gasteiger charge is 2.43. The van der Waals surface area contributed by atoms with Crippen LogP contribution in [0.3, 0.4) is 0 Å². The zero-order valence-corrected chi connectivity index (χ0v) is 28.3. The molecule has 2 aliphatic heterocycles. The maximum absolute atomic E-state index is 12.5. The van der Waals surface area contributed by atoms with E-state index in [1.165, 1.54) is 11.3 Å². The average molecular weight is 662 g/mol. The van der Waals surface area contributed by atoms with E-state index in [1.807, 2.05) is 24.0 Å². The van der Waals surface area contributed by atoms with E-state index in [2.05, 4.69) is 30.1 Å². The molecule has 47 heavy (non-hydrogen) atoms. The molecule has 13 heteroatoms. The number of aromatic nitrogens is 3. The fourth-order valence-electron chi connectivity index (χ4n) is 7.12. The van der Waals surface area contributed by atoms with E-state index in [1.54, 1.807) is 19.3 Å². The molecule has 1 amide bonds. The molecule has 0 radical (unpaired) electrons. The molecule has 0 aromatic carbocycles. The van der Waals surface area contributed by atoms with Crippen molar-refractivity contribution >= 4 is 22.2 Å². The average Bonchev–Trinajstić information content (AvgIpc) is 3.80. The van der Waals surface area contributed by atoms with Crippen molar-refractivity contribution in [2.75, 3.05) is 46.1 Å². The molecule has 6 rings (SSSR count). The predicted molar refractivity (Wildman–Crippen MR) is 177 cm³/mol. The van der Waals surface area contributed by atoms with Gasteiger partial charge in [-0.25, -0.2) is 4.98 Å². The van der Waals surface area contributed by atoms with Crippen molar-refractivity contribution in [1.29, 1.82) is 5.26 Å². The maximum Gasteiger partial charge on any atom is 0.246 e. The largest absolute Gasteiger partial charge is 0.490 e. The Hall–Kier alpha value is -3.99. The van der Waals surface area contributed by atoms with Crippen LogP contribution >= 0.6 is 11.3 Å². The van der Waals surface area contributed by atoms with Crippen molar-refractivity contribution in [2.24, 2.45) is 0 Å². The molecule has 3 aromatic rings. The van der Waals surface area contributed by atoms with Crippen LogP contribution in [0.2, 0.25) is 0 Å². The molecule has 0 bridgehead atoms. The zero-order chi connectivity index (χ0) is 33.1. The van der Waals surface area contributed by atoms with Gasteiger partial charge in [-0.3, -0.25) is 9.69 Å². The second kappa shape index (κ2) is 14.0. The Morgan fingerprint density at radius 2 is 2.06 bits per heavy atom. The Morgan fingerprint density at radius 1 is 1.26 bits per heavy atom. The highest BCUT2D eigenvalue weighted by atomic mass is 32.1. The van der Waals surface area contributed by atoms with Crippen molar-refractivity contribution in [3.05, 3.63) is 46.2 Å². The van der Waals surface area contributed by atoms with E-state index in [0.29, 0.717) is 72.1 Å². The van der Waals surface area contributed by atoms with E-state index in [4.69, 9.17) is 34.4 Å². The minimum absolute atomic E-state index is 0.0213. The van der Waals surface area contributed by atoms with E-state index in [-0.39, 0.29) is 24.2 Å². The Balaban J connectivity index is 1.26. The first-order valence-electron chi connectivity index (χ1n) is 16.4. The number of methoxy groups -OCH3 is 1. The zero-order valence-electron chi connectivity index (χ0n) is 27.5. The molecule has 250 valence electrons. The summed E-state index contributed by atoms with van der Waals surface area (Å²) < 4.78 is 23.9. The fourth-order valence-corrected chi connectivity index (χ4v) is 8.31. The summed E-state index contributed by atoms with van der Waals surface area (Å²) in [4.78, 5) is 27.5. The number of thiophene rings is 1. The third-order valence-corrected chi connectivity index (χ3v) is 10.7. The highest BCUT2D eigenvalue weighted by molar-refractivity contribution is 7.16. The minimum atomic E-state index is -0.642. The number of nitrogens with two attached hydrogens (primary N) is 1. The summed E-state index contributed by atoms with van der Waals surface area (Å²) in [5.74, 6) is 1.75. The number of nitrogens with zero attached hydrogens (tertiary/aromatic N) is 6. The van der Waals surface area contributed by atoms with Gasteiger partial charge in [0.15, 0.2) is 0 Å². The van der Waals surface area contributed by atoms with Gasteiger partial charge in [-0.05, 0) is 59.5 Å². The summed E-state index contributed by atoms with van der Waals surface area (Å²) in [6.45, 7) is 6.75. The predicted octanol–water partition coefficient (Wildman–Crippen LogP) is 4.72. The number of nitriles is 1.